The van der Waals surface area contributed by atoms with Gasteiger partial charge in [-0.25, -0.2) is 0 Å². The summed E-state index contributed by atoms with van der Waals surface area (Å²) >= 11 is 0. The van der Waals surface area contributed by atoms with Crippen LogP contribution in [0.4, 0.5) is 17.1 Å². The summed E-state index contributed by atoms with van der Waals surface area (Å²) in [6.07, 6.45) is 13.5. The van der Waals surface area contributed by atoms with Crippen LogP contribution in [0.2, 0.25) is 0 Å². The summed E-state index contributed by atoms with van der Waals surface area (Å²) in [6, 6.07) is 49.0. The van der Waals surface area contributed by atoms with Crippen molar-refractivity contribution in [3.8, 4) is 22.3 Å². The topological polar surface area (TPSA) is 3.24 Å². The summed E-state index contributed by atoms with van der Waals surface area (Å²) < 4.78 is 0. The number of nitrogens with zero attached hydrogens (tertiary/aromatic N) is 1. The summed E-state index contributed by atoms with van der Waals surface area (Å²) in [7, 11) is 0. The van der Waals surface area contributed by atoms with Crippen molar-refractivity contribution in [1.29, 1.82) is 0 Å². The van der Waals surface area contributed by atoms with E-state index in [4.69, 9.17) is 0 Å². The van der Waals surface area contributed by atoms with E-state index in [0.29, 0.717) is 11.8 Å². The van der Waals surface area contributed by atoms with Crippen molar-refractivity contribution in [3.05, 3.63) is 150 Å². The van der Waals surface area contributed by atoms with E-state index in [2.05, 4.69) is 146 Å². The van der Waals surface area contributed by atoms with Gasteiger partial charge in [-0.1, -0.05) is 137 Å². The molecule has 0 heterocycles. The van der Waals surface area contributed by atoms with E-state index >= 15 is 0 Å². The molecule has 0 aromatic heterocycles. The highest BCUT2D eigenvalue weighted by atomic mass is 15.1. The second-order valence-electron chi connectivity index (χ2n) is 15.8. The van der Waals surface area contributed by atoms with Gasteiger partial charge in [0, 0.05) is 22.5 Å². The highest BCUT2D eigenvalue weighted by Gasteiger charge is 2.36. The number of rotatable bonds is 6. The zero-order valence-corrected chi connectivity index (χ0v) is 29.8. The van der Waals surface area contributed by atoms with E-state index in [9.17, 15) is 0 Å². The average Bonchev–Trinajstić information content (AvgIpc) is 3.41. The van der Waals surface area contributed by atoms with E-state index in [1.807, 2.05) is 0 Å². The smallest absolute Gasteiger partial charge is 0.0465 e. The van der Waals surface area contributed by atoms with Crippen molar-refractivity contribution in [1.82, 2.24) is 0 Å². The molecule has 0 unspecified atom stereocenters. The van der Waals surface area contributed by atoms with Crippen LogP contribution in [0.15, 0.2) is 127 Å². The second-order valence-corrected chi connectivity index (χ2v) is 15.8. The third kappa shape index (κ3) is 5.56. The minimum absolute atomic E-state index is 0.0979. The largest absolute Gasteiger partial charge is 0.310 e. The van der Waals surface area contributed by atoms with Crippen LogP contribution in [0.25, 0.3) is 33.0 Å². The van der Waals surface area contributed by atoms with E-state index in [-0.39, 0.29) is 5.41 Å². The van der Waals surface area contributed by atoms with Crippen LogP contribution in [0, 0.1) is 0 Å². The van der Waals surface area contributed by atoms with Gasteiger partial charge in [-0.05, 0) is 135 Å². The normalized spacial score (nSPS) is 17.4. The van der Waals surface area contributed by atoms with Crippen LogP contribution in [0.1, 0.15) is 112 Å². The van der Waals surface area contributed by atoms with Crippen molar-refractivity contribution in [3.63, 3.8) is 0 Å². The Morgan fingerprint density at radius 1 is 0.460 bits per heavy atom. The van der Waals surface area contributed by atoms with E-state index in [0.717, 1.165) is 0 Å². The van der Waals surface area contributed by atoms with Gasteiger partial charge in [0.05, 0.1) is 0 Å². The van der Waals surface area contributed by atoms with Crippen molar-refractivity contribution < 1.29 is 0 Å². The molecular formula is C49H49N. The Morgan fingerprint density at radius 2 is 1.04 bits per heavy atom. The minimum Gasteiger partial charge on any atom is -0.310 e. The van der Waals surface area contributed by atoms with Crippen LogP contribution in [-0.2, 0) is 5.41 Å². The third-order valence-electron chi connectivity index (χ3n) is 12.5. The summed E-state index contributed by atoms with van der Waals surface area (Å²) in [6.45, 7) is 4.81. The molecule has 9 rings (SSSR count). The second kappa shape index (κ2) is 12.9. The zero-order chi connectivity index (χ0) is 33.7. The molecule has 3 aliphatic carbocycles. The van der Waals surface area contributed by atoms with E-state index in [1.54, 1.807) is 0 Å². The van der Waals surface area contributed by atoms with Crippen LogP contribution < -0.4 is 4.90 Å². The van der Waals surface area contributed by atoms with Gasteiger partial charge in [0.15, 0.2) is 0 Å². The molecule has 0 N–H and O–H groups in total. The molecule has 1 nitrogen and oxygen atoms in total. The average molecular weight is 652 g/mol. The number of hydrogen-bond donors (Lipinski definition) is 0. The first-order chi connectivity index (χ1) is 24.5. The van der Waals surface area contributed by atoms with Gasteiger partial charge in [-0.3, -0.25) is 0 Å². The fourth-order valence-electron chi connectivity index (χ4n) is 9.64. The van der Waals surface area contributed by atoms with Crippen LogP contribution in [0.5, 0.6) is 0 Å². The quantitative estimate of drug-likeness (QED) is 0.173. The summed E-state index contributed by atoms with van der Waals surface area (Å²) in [5.41, 5.74) is 14.7. The molecule has 0 amide bonds. The summed E-state index contributed by atoms with van der Waals surface area (Å²) in [5.74, 6) is 1.41. The Balaban J connectivity index is 1.12. The molecule has 0 saturated heterocycles. The molecule has 0 radical (unpaired) electrons. The lowest BCUT2D eigenvalue weighted by Gasteiger charge is -2.29. The monoisotopic (exact) mass is 651 g/mol. The number of anilines is 3. The highest BCUT2D eigenvalue weighted by molar-refractivity contribution is 5.98. The molecule has 6 aromatic rings. The Labute approximate surface area is 299 Å². The maximum atomic E-state index is 2.50. The first-order valence-electron chi connectivity index (χ1n) is 19.3. The minimum atomic E-state index is -0.0979. The predicted octanol–water partition coefficient (Wildman–Crippen LogP) is 14.4. The molecule has 250 valence electrons. The molecule has 2 fully saturated rings. The SMILES string of the molecule is CC1(C)c2ccc(-c3cccc4ccccc34)cc2-c2ccc(N(c3ccc(C4CCCCC4)cc3)c3ccc(C4CCCCC4)cc3)cc21. The molecule has 6 aromatic carbocycles. The lowest BCUT2D eigenvalue weighted by molar-refractivity contribution is 0.443. The van der Waals surface area contributed by atoms with Crippen LogP contribution in [0.3, 0.4) is 0 Å². The van der Waals surface area contributed by atoms with Crippen molar-refractivity contribution in [2.75, 3.05) is 4.90 Å². The number of hydrogen-bond acceptors (Lipinski definition) is 1. The fourth-order valence-corrected chi connectivity index (χ4v) is 9.64. The number of benzene rings is 6. The fraction of sp³-hybridized carbons (Fsp3) is 0.306. The van der Waals surface area contributed by atoms with Gasteiger partial charge >= 0.3 is 0 Å². The maximum absolute atomic E-state index is 2.50. The molecule has 0 atom stereocenters. The Bertz CT molecular complexity index is 2070. The molecule has 1 heteroatoms. The highest BCUT2D eigenvalue weighted by Crippen LogP contribution is 2.52. The van der Waals surface area contributed by atoms with Gasteiger partial charge in [-0.15, -0.1) is 0 Å². The maximum Gasteiger partial charge on any atom is 0.0465 e. The van der Waals surface area contributed by atoms with Gasteiger partial charge in [0.25, 0.3) is 0 Å². The van der Waals surface area contributed by atoms with Crippen LogP contribution >= 0.6 is 0 Å². The third-order valence-corrected chi connectivity index (χ3v) is 12.5. The molecule has 0 aliphatic heterocycles. The zero-order valence-electron chi connectivity index (χ0n) is 29.8. The predicted molar refractivity (Wildman–Crippen MR) is 213 cm³/mol. The van der Waals surface area contributed by atoms with Gasteiger partial charge in [0.1, 0.15) is 0 Å². The van der Waals surface area contributed by atoms with Crippen molar-refractivity contribution in [2.24, 2.45) is 0 Å². The molecular weight excluding hydrogens is 603 g/mol. The molecule has 0 bridgehead atoms. The van der Waals surface area contributed by atoms with Gasteiger partial charge in [-0.2, -0.15) is 0 Å². The Kier molecular flexibility index (Phi) is 8.11. The van der Waals surface area contributed by atoms with E-state index < -0.39 is 0 Å². The van der Waals surface area contributed by atoms with Crippen molar-refractivity contribution in [2.45, 2.75) is 95.3 Å². The molecule has 50 heavy (non-hydrogen) atoms. The molecule has 0 spiro atoms. The van der Waals surface area contributed by atoms with E-state index in [1.165, 1.54) is 137 Å². The Hall–Kier alpha value is -4.62. The van der Waals surface area contributed by atoms with Gasteiger partial charge < -0.3 is 4.90 Å². The molecule has 2 saturated carbocycles. The van der Waals surface area contributed by atoms with Crippen LogP contribution in [-0.4, -0.2) is 0 Å². The standard InChI is InChI=1S/C49H49N/c1-49(2)47-31-24-39(44-19-11-17-38-16-9-10-18-43(38)44)32-46(47)45-30-29-42(33-48(45)49)50(40-25-20-36(21-26-40)34-12-5-3-6-13-34)41-27-22-37(23-28-41)35-14-7-4-8-15-35/h9-11,16-35H,3-8,12-15H2,1-2H3. The first kappa shape index (κ1) is 31.4. The first-order valence-corrected chi connectivity index (χ1v) is 19.3. The van der Waals surface area contributed by atoms with Gasteiger partial charge in [0.2, 0.25) is 0 Å². The van der Waals surface area contributed by atoms with Crippen molar-refractivity contribution >= 4 is 27.8 Å². The summed E-state index contributed by atoms with van der Waals surface area (Å²) in [4.78, 5) is 2.50. The lowest BCUT2D eigenvalue weighted by atomic mass is 9.82. The lowest BCUT2D eigenvalue weighted by Crippen LogP contribution is -2.16. The molecule has 3 aliphatic rings. The summed E-state index contributed by atoms with van der Waals surface area (Å²) in [5, 5.41) is 2.59. The number of fused-ring (bicyclic) bond motifs is 4. The Morgan fingerprint density at radius 3 is 1.68 bits per heavy atom.